The Labute approximate surface area is 216 Å². The maximum absolute atomic E-state index is 5.09. The molecule has 0 aliphatic heterocycles. The van der Waals surface area contributed by atoms with Crippen molar-refractivity contribution in [2.75, 3.05) is 0 Å². The second kappa shape index (κ2) is 9.22. The Hall–Kier alpha value is -4.01. The van der Waals surface area contributed by atoms with E-state index in [-0.39, 0.29) is 0 Å². The van der Waals surface area contributed by atoms with Crippen LogP contribution in [0.5, 0.6) is 0 Å². The van der Waals surface area contributed by atoms with Gasteiger partial charge in [-0.15, -0.1) is 11.3 Å². The first-order valence-electron chi connectivity index (χ1n) is 12.3. The molecule has 1 heterocycles. The normalized spacial score (nSPS) is 11.9. The summed E-state index contributed by atoms with van der Waals surface area (Å²) in [6.07, 6.45) is 0. The molecule has 0 fully saturated rings. The molecule has 0 aliphatic rings. The zero-order valence-corrected chi connectivity index (χ0v) is 21.6. The topological polar surface area (TPSA) is 12.4 Å². The highest BCUT2D eigenvalue weighted by atomic mass is 32.1. The molecule has 0 N–H and O–H groups in total. The lowest BCUT2D eigenvalue weighted by Gasteiger charge is -2.15. The minimum absolute atomic E-state index is 1.02. The van der Waals surface area contributed by atoms with Crippen molar-refractivity contribution in [1.82, 2.24) is 0 Å². The first-order chi connectivity index (χ1) is 17.6. The van der Waals surface area contributed by atoms with Gasteiger partial charge in [-0.3, -0.25) is 4.99 Å². The number of thiophene rings is 1. The molecule has 0 saturated carbocycles. The molecule has 0 atom stereocenters. The summed E-state index contributed by atoms with van der Waals surface area (Å²) < 4.78 is 2.64. The zero-order chi connectivity index (χ0) is 24.6. The summed E-state index contributed by atoms with van der Waals surface area (Å²) in [6.45, 7) is 6.48. The Bertz CT molecular complexity index is 1760. The van der Waals surface area contributed by atoms with E-state index < -0.39 is 0 Å². The predicted molar refractivity (Wildman–Crippen MR) is 158 cm³/mol. The van der Waals surface area contributed by atoms with Gasteiger partial charge in [-0.2, -0.15) is 0 Å². The van der Waals surface area contributed by atoms with Gasteiger partial charge in [0.2, 0.25) is 0 Å². The van der Waals surface area contributed by atoms with Gasteiger partial charge in [0.25, 0.3) is 0 Å². The van der Waals surface area contributed by atoms with Crippen LogP contribution in [-0.2, 0) is 0 Å². The summed E-state index contributed by atoms with van der Waals surface area (Å²) >= 11 is 1.88. The van der Waals surface area contributed by atoms with Gasteiger partial charge in [0.15, 0.2) is 0 Å². The van der Waals surface area contributed by atoms with E-state index in [2.05, 4.69) is 130 Å². The average molecular weight is 482 g/mol. The van der Waals surface area contributed by atoms with E-state index in [1.807, 2.05) is 11.3 Å². The van der Waals surface area contributed by atoms with E-state index in [9.17, 15) is 0 Å². The molecule has 5 aromatic carbocycles. The number of hydrogen-bond donors (Lipinski definition) is 0. The molecule has 1 aromatic heterocycles. The molecule has 2 heteroatoms. The lowest BCUT2D eigenvalue weighted by atomic mass is 9.90. The van der Waals surface area contributed by atoms with E-state index in [0.29, 0.717) is 0 Å². The summed E-state index contributed by atoms with van der Waals surface area (Å²) in [6, 6.07) is 39.1. The first-order valence-corrected chi connectivity index (χ1v) is 13.1. The highest BCUT2D eigenvalue weighted by molar-refractivity contribution is 7.26. The minimum atomic E-state index is 1.02. The average Bonchev–Trinajstić information content (AvgIpc) is 3.29. The molecule has 0 bridgehead atoms. The first kappa shape index (κ1) is 22.5. The van der Waals surface area contributed by atoms with E-state index >= 15 is 0 Å². The van der Waals surface area contributed by atoms with Crippen LogP contribution in [0.2, 0.25) is 0 Å². The van der Waals surface area contributed by atoms with Crippen LogP contribution in [0.1, 0.15) is 23.6 Å². The molecule has 0 amide bonds. The van der Waals surface area contributed by atoms with E-state index in [0.717, 1.165) is 11.4 Å². The number of rotatable bonds is 4. The fraction of sp³-hybridized carbons (Fsp3) is 0.0882. The van der Waals surface area contributed by atoms with Crippen molar-refractivity contribution in [2.45, 2.75) is 20.8 Å². The molecule has 0 saturated heterocycles. The SMILES string of the molecule is CC(=Nc1ccccc1C)c1ccc2c(sc3ccccc32)c1-c1ccc(-c2ccccc2)cc1C. The van der Waals surface area contributed by atoms with Crippen LogP contribution in [0.25, 0.3) is 42.4 Å². The number of benzene rings is 5. The second-order valence-electron chi connectivity index (χ2n) is 9.34. The van der Waals surface area contributed by atoms with Crippen molar-refractivity contribution in [3.8, 4) is 22.3 Å². The summed E-state index contributed by atoms with van der Waals surface area (Å²) in [5.41, 5.74) is 10.7. The third-order valence-electron chi connectivity index (χ3n) is 6.94. The van der Waals surface area contributed by atoms with E-state index in [1.54, 1.807) is 0 Å². The van der Waals surface area contributed by atoms with Gasteiger partial charge in [0, 0.05) is 37.0 Å². The Morgan fingerprint density at radius 1 is 0.639 bits per heavy atom. The highest BCUT2D eigenvalue weighted by Crippen LogP contribution is 2.43. The van der Waals surface area contributed by atoms with Crippen molar-refractivity contribution in [2.24, 2.45) is 4.99 Å². The summed E-state index contributed by atoms with van der Waals surface area (Å²) in [4.78, 5) is 5.09. The molecule has 0 unspecified atom stereocenters. The van der Waals surface area contributed by atoms with Gasteiger partial charge < -0.3 is 0 Å². The Morgan fingerprint density at radius 2 is 1.39 bits per heavy atom. The highest BCUT2D eigenvalue weighted by Gasteiger charge is 2.18. The predicted octanol–water partition coefficient (Wildman–Crippen LogP) is 10.1. The zero-order valence-electron chi connectivity index (χ0n) is 20.7. The fourth-order valence-corrected chi connectivity index (χ4v) is 6.31. The Morgan fingerprint density at radius 3 is 2.19 bits per heavy atom. The van der Waals surface area contributed by atoms with Crippen molar-refractivity contribution < 1.29 is 0 Å². The Kier molecular flexibility index (Phi) is 5.75. The molecule has 174 valence electrons. The van der Waals surface area contributed by atoms with Gasteiger partial charge in [0.05, 0.1) is 5.69 Å². The number of aryl methyl sites for hydroxylation is 2. The van der Waals surface area contributed by atoms with Gasteiger partial charge in [0.1, 0.15) is 0 Å². The molecular formula is C34H27NS. The monoisotopic (exact) mass is 481 g/mol. The summed E-state index contributed by atoms with van der Waals surface area (Å²) in [5, 5.41) is 2.63. The standard InChI is InChI=1S/C34H27NS/c1-22-11-7-9-15-31(22)35-24(3)28-19-20-30-29-14-8-10-16-32(29)36-34(30)33(28)27-18-17-26(21-23(27)2)25-12-5-4-6-13-25/h4-21H,1-3H3. The van der Waals surface area contributed by atoms with E-state index in [1.165, 1.54) is 59.1 Å². The number of aliphatic imine (C=N–C) groups is 1. The van der Waals surface area contributed by atoms with Crippen LogP contribution in [0.3, 0.4) is 0 Å². The van der Waals surface area contributed by atoms with Crippen molar-refractivity contribution in [3.05, 3.63) is 126 Å². The van der Waals surface area contributed by atoms with Crippen LogP contribution in [0.4, 0.5) is 5.69 Å². The van der Waals surface area contributed by atoms with Crippen molar-refractivity contribution >= 4 is 42.9 Å². The summed E-state index contributed by atoms with van der Waals surface area (Å²) in [7, 11) is 0. The van der Waals surface area contributed by atoms with Crippen LogP contribution in [0, 0.1) is 13.8 Å². The quantitative estimate of drug-likeness (QED) is 0.222. The molecular weight excluding hydrogens is 454 g/mol. The third kappa shape index (κ3) is 3.94. The maximum Gasteiger partial charge on any atom is 0.0662 e. The molecule has 6 aromatic rings. The minimum Gasteiger partial charge on any atom is -0.253 e. The van der Waals surface area contributed by atoms with Gasteiger partial charge >= 0.3 is 0 Å². The molecule has 0 spiro atoms. The smallest absolute Gasteiger partial charge is 0.0662 e. The fourth-order valence-electron chi connectivity index (χ4n) is 5.04. The lowest BCUT2D eigenvalue weighted by molar-refractivity contribution is 1.38. The molecule has 36 heavy (non-hydrogen) atoms. The number of fused-ring (bicyclic) bond motifs is 3. The van der Waals surface area contributed by atoms with Crippen LogP contribution in [-0.4, -0.2) is 5.71 Å². The molecule has 0 aliphatic carbocycles. The summed E-state index contributed by atoms with van der Waals surface area (Å²) in [5.74, 6) is 0. The van der Waals surface area contributed by atoms with Crippen molar-refractivity contribution in [3.63, 3.8) is 0 Å². The van der Waals surface area contributed by atoms with Crippen molar-refractivity contribution in [1.29, 1.82) is 0 Å². The van der Waals surface area contributed by atoms with Gasteiger partial charge in [-0.05, 0) is 60.7 Å². The van der Waals surface area contributed by atoms with Crippen LogP contribution >= 0.6 is 11.3 Å². The van der Waals surface area contributed by atoms with E-state index in [4.69, 9.17) is 4.99 Å². The second-order valence-corrected chi connectivity index (χ2v) is 10.4. The number of hydrogen-bond acceptors (Lipinski definition) is 2. The lowest BCUT2D eigenvalue weighted by Crippen LogP contribution is -2.00. The molecule has 1 nitrogen and oxygen atoms in total. The maximum atomic E-state index is 5.09. The van der Waals surface area contributed by atoms with Gasteiger partial charge in [-0.25, -0.2) is 0 Å². The number of para-hydroxylation sites is 1. The number of nitrogens with zero attached hydrogens (tertiary/aromatic N) is 1. The molecule has 6 rings (SSSR count). The largest absolute Gasteiger partial charge is 0.253 e. The van der Waals surface area contributed by atoms with Gasteiger partial charge in [-0.1, -0.05) is 97.1 Å². The Balaban J connectivity index is 1.61. The van der Waals surface area contributed by atoms with Crippen LogP contribution < -0.4 is 0 Å². The third-order valence-corrected chi connectivity index (χ3v) is 8.15. The van der Waals surface area contributed by atoms with Crippen LogP contribution in [0.15, 0.2) is 114 Å². The molecule has 0 radical (unpaired) electrons.